The molecule has 3 heteroatoms. The summed E-state index contributed by atoms with van der Waals surface area (Å²) in [5.74, 6) is 0.348. The molecule has 3 rings (SSSR count). The predicted molar refractivity (Wildman–Crippen MR) is 69.6 cm³/mol. The van der Waals surface area contributed by atoms with Crippen LogP contribution in [0, 0.1) is 5.92 Å². The lowest BCUT2D eigenvalue weighted by atomic mass is 9.94. The van der Waals surface area contributed by atoms with E-state index in [9.17, 15) is 4.79 Å². The van der Waals surface area contributed by atoms with Crippen LogP contribution >= 0.6 is 0 Å². The lowest BCUT2D eigenvalue weighted by Gasteiger charge is -2.14. The number of nitrogens with zero attached hydrogens (tertiary/aromatic N) is 1. The van der Waals surface area contributed by atoms with Gasteiger partial charge in [-0.3, -0.25) is 9.78 Å². The van der Waals surface area contributed by atoms with Crippen molar-refractivity contribution in [1.29, 1.82) is 0 Å². The third-order valence-corrected chi connectivity index (χ3v) is 3.58. The van der Waals surface area contributed by atoms with Gasteiger partial charge in [-0.15, -0.1) is 0 Å². The van der Waals surface area contributed by atoms with E-state index < -0.39 is 0 Å². The second-order valence-electron chi connectivity index (χ2n) is 4.83. The van der Waals surface area contributed by atoms with E-state index in [1.54, 1.807) is 12.4 Å². The molecular weight excluding hydrogens is 226 g/mol. The summed E-state index contributed by atoms with van der Waals surface area (Å²) in [6.45, 7) is 2.74. The molecule has 1 aliphatic rings. The van der Waals surface area contributed by atoms with Crippen molar-refractivity contribution < 1.29 is 9.53 Å². The summed E-state index contributed by atoms with van der Waals surface area (Å²) in [6.07, 6.45) is 4.08. The molecular formula is C15H15NO2. The van der Waals surface area contributed by atoms with Crippen LogP contribution in [0.15, 0.2) is 36.7 Å². The van der Waals surface area contributed by atoms with Gasteiger partial charge in [0, 0.05) is 30.0 Å². The number of carbonyl (C=O) groups excluding carboxylic acids is 1. The lowest BCUT2D eigenvalue weighted by molar-refractivity contribution is 0.0581. The monoisotopic (exact) mass is 241 g/mol. The van der Waals surface area contributed by atoms with Crippen molar-refractivity contribution in [2.24, 2.45) is 5.92 Å². The second-order valence-corrected chi connectivity index (χ2v) is 4.83. The maximum Gasteiger partial charge on any atom is 0.193 e. The van der Waals surface area contributed by atoms with Crippen molar-refractivity contribution in [2.45, 2.75) is 19.4 Å². The van der Waals surface area contributed by atoms with Crippen LogP contribution in [0.2, 0.25) is 0 Å². The zero-order valence-corrected chi connectivity index (χ0v) is 10.3. The molecule has 2 atom stereocenters. The van der Waals surface area contributed by atoms with E-state index in [4.69, 9.17) is 4.74 Å². The summed E-state index contributed by atoms with van der Waals surface area (Å²) in [7, 11) is 0. The number of ketones is 1. The number of hydrogen-bond donors (Lipinski definition) is 0. The van der Waals surface area contributed by atoms with Gasteiger partial charge in [0.05, 0.1) is 0 Å². The van der Waals surface area contributed by atoms with Crippen LogP contribution in [0.1, 0.15) is 23.7 Å². The van der Waals surface area contributed by atoms with Gasteiger partial charge in [0.1, 0.15) is 6.10 Å². The Morgan fingerprint density at radius 2 is 2.17 bits per heavy atom. The minimum atomic E-state index is -0.308. The summed E-state index contributed by atoms with van der Waals surface area (Å²) in [6, 6.07) is 7.83. The van der Waals surface area contributed by atoms with Crippen LogP contribution in [0.3, 0.4) is 0 Å². The Morgan fingerprint density at radius 1 is 1.33 bits per heavy atom. The number of aromatic nitrogens is 1. The maximum absolute atomic E-state index is 12.5. The first-order valence-electron chi connectivity index (χ1n) is 6.26. The maximum atomic E-state index is 12.5. The van der Waals surface area contributed by atoms with Gasteiger partial charge < -0.3 is 4.74 Å². The molecule has 2 heterocycles. The summed E-state index contributed by atoms with van der Waals surface area (Å²) in [4.78, 5) is 16.7. The zero-order chi connectivity index (χ0) is 12.5. The van der Waals surface area contributed by atoms with E-state index in [1.807, 2.05) is 24.3 Å². The third kappa shape index (κ3) is 1.81. The molecule has 1 aromatic heterocycles. The highest BCUT2D eigenvalue weighted by Gasteiger charge is 2.32. The topological polar surface area (TPSA) is 39.2 Å². The standard InChI is InChI=1S/C15H15NO2/c1-10-6-7-18-15(10)14(17)13-9-16-8-11-4-2-3-5-12(11)13/h2-5,8-10,15H,6-7H2,1H3. The van der Waals surface area contributed by atoms with Crippen molar-refractivity contribution >= 4 is 16.6 Å². The van der Waals surface area contributed by atoms with Crippen LogP contribution < -0.4 is 0 Å². The molecule has 0 bridgehead atoms. The Morgan fingerprint density at radius 3 is 2.94 bits per heavy atom. The minimum Gasteiger partial charge on any atom is -0.370 e. The molecule has 1 aliphatic heterocycles. The van der Waals surface area contributed by atoms with Crippen molar-refractivity contribution in [3.63, 3.8) is 0 Å². The van der Waals surface area contributed by atoms with E-state index in [0.717, 1.165) is 17.2 Å². The van der Waals surface area contributed by atoms with Gasteiger partial charge in [0.15, 0.2) is 5.78 Å². The fraction of sp³-hybridized carbons (Fsp3) is 0.333. The molecule has 0 amide bonds. The largest absolute Gasteiger partial charge is 0.370 e. The molecule has 0 saturated carbocycles. The number of carbonyl (C=O) groups is 1. The highest BCUT2D eigenvalue weighted by Crippen LogP contribution is 2.26. The van der Waals surface area contributed by atoms with Crippen LogP contribution in [0.25, 0.3) is 10.8 Å². The van der Waals surface area contributed by atoms with Crippen molar-refractivity contribution in [3.05, 3.63) is 42.2 Å². The van der Waals surface area contributed by atoms with Crippen molar-refractivity contribution in [2.75, 3.05) is 6.61 Å². The average Bonchev–Trinajstić information content (AvgIpc) is 2.83. The number of pyridine rings is 1. The van der Waals surface area contributed by atoms with Gasteiger partial charge in [-0.2, -0.15) is 0 Å². The first-order chi connectivity index (χ1) is 8.77. The zero-order valence-electron chi connectivity index (χ0n) is 10.3. The summed E-state index contributed by atoms with van der Waals surface area (Å²) in [5.41, 5.74) is 0.673. The van der Waals surface area contributed by atoms with Gasteiger partial charge in [0.2, 0.25) is 0 Å². The highest BCUT2D eigenvalue weighted by atomic mass is 16.5. The molecule has 18 heavy (non-hydrogen) atoms. The van der Waals surface area contributed by atoms with Crippen LogP contribution in [-0.4, -0.2) is 23.5 Å². The highest BCUT2D eigenvalue weighted by molar-refractivity contribution is 6.09. The minimum absolute atomic E-state index is 0.0595. The smallest absolute Gasteiger partial charge is 0.193 e. The number of hydrogen-bond acceptors (Lipinski definition) is 3. The molecule has 2 aromatic rings. The number of ether oxygens (including phenoxy) is 1. The van der Waals surface area contributed by atoms with E-state index >= 15 is 0 Å². The Labute approximate surface area is 106 Å². The molecule has 1 fully saturated rings. The fourth-order valence-corrected chi connectivity index (χ4v) is 2.50. The van der Waals surface area contributed by atoms with Crippen LogP contribution in [0.4, 0.5) is 0 Å². The molecule has 0 N–H and O–H groups in total. The molecule has 92 valence electrons. The Hall–Kier alpha value is -1.74. The van der Waals surface area contributed by atoms with Crippen molar-refractivity contribution in [1.82, 2.24) is 4.98 Å². The Balaban J connectivity index is 2.06. The second kappa shape index (κ2) is 4.50. The molecule has 0 radical (unpaired) electrons. The number of Topliss-reactive ketones (excluding diaryl/α,β-unsaturated/α-hetero) is 1. The summed E-state index contributed by atoms with van der Waals surface area (Å²) >= 11 is 0. The van der Waals surface area contributed by atoms with Gasteiger partial charge in [-0.1, -0.05) is 31.2 Å². The summed E-state index contributed by atoms with van der Waals surface area (Å²) < 4.78 is 5.55. The van der Waals surface area contributed by atoms with Crippen LogP contribution in [0.5, 0.6) is 0 Å². The first-order valence-corrected chi connectivity index (χ1v) is 6.26. The number of benzene rings is 1. The van der Waals surface area contributed by atoms with Gasteiger partial charge in [-0.05, 0) is 17.7 Å². The van der Waals surface area contributed by atoms with E-state index in [-0.39, 0.29) is 17.8 Å². The van der Waals surface area contributed by atoms with Gasteiger partial charge in [0.25, 0.3) is 0 Å². The Kier molecular flexibility index (Phi) is 2.84. The van der Waals surface area contributed by atoms with E-state index in [0.29, 0.717) is 12.2 Å². The fourth-order valence-electron chi connectivity index (χ4n) is 2.50. The molecule has 1 saturated heterocycles. The molecule has 0 spiro atoms. The Bertz CT molecular complexity index is 589. The SMILES string of the molecule is CC1CCOC1C(=O)c1cncc2ccccc12. The number of rotatable bonds is 2. The van der Waals surface area contributed by atoms with Gasteiger partial charge in [-0.25, -0.2) is 0 Å². The van der Waals surface area contributed by atoms with E-state index in [1.165, 1.54) is 0 Å². The molecule has 3 nitrogen and oxygen atoms in total. The third-order valence-electron chi connectivity index (χ3n) is 3.58. The molecule has 0 aliphatic carbocycles. The van der Waals surface area contributed by atoms with E-state index in [2.05, 4.69) is 11.9 Å². The van der Waals surface area contributed by atoms with Gasteiger partial charge >= 0.3 is 0 Å². The molecule has 1 aromatic carbocycles. The van der Waals surface area contributed by atoms with Crippen LogP contribution in [-0.2, 0) is 4.74 Å². The average molecular weight is 241 g/mol. The predicted octanol–water partition coefficient (Wildman–Crippen LogP) is 2.84. The lowest BCUT2D eigenvalue weighted by Crippen LogP contribution is -2.25. The molecule has 2 unspecified atom stereocenters. The first kappa shape index (κ1) is 11.4. The van der Waals surface area contributed by atoms with Crippen molar-refractivity contribution in [3.8, 4) is 0 Å². The number of fused-ring (bicyclic) bond motifs is 1. The summed E-state index contributed by atoms with van der Waals surface area (Å²) in [5, 5.41) is 1.95. The quantitative estimate of drug-likeness (QED) is 0.759. The normalized spacial score (nSPS) is 23.4.